The highest BCUT2D eigenvalue weighted by Crippen LogP contribution is 2.33. The normalized spacial score (nSPS) is 11.8. The Kier molecular flexibility index (Phi) is 2.32. The van der Waals surface area contributed by atoms with Gasteiger partial charge in [-0.3, -0.25) is 0 Å². The topological polar surface area (TPSA) is 0 Å². The zero-order valence-corrected chi connectivity index (χ0v) is 7.17. The van der Waals surface area contributed by atoms with Crippen molar-refractivity contribution in [3.63, 3.8) is 0 Å². The van der Waals surface area contributed by atoms with E-state index in [0.717, 1.165) is 12.1 Å². The molecule has 0 aliphatic heterocycles. The summed E-state index contributed by atoms with van der Waals surface area (Å²) in [4.78, 5) is 0. The fraction of sp³-hybridized carbons (Fsp3) is 0.333. The van der Waals surface area contributed by atoms with E-state index in [4.69, 9.17) is 0 Å². The maximum absolute atomic E-state index is 12.8. The van der Waals surface area contributed by atoms with Gasteiger partial charge in [-0.2, -0.15) is 13.2 Å². The molecule has 1 aromatic carbocycles. The SMILES string of the molecule is Cc1c(F)ccc(C(F)(F)F)c1C. The van der Waals surface area contributed by atoms with Crippen LogP contribution in [0, 0.1) is 19.7 Å². The Morgan fingerprint density at radius 2 is 1.54 bits per heavy atom. The van der Waals surface area contributed by atoms with Crippen LogP contribution >= 0.6 is 0 Å². The van der Waals surface area contributed by atoms with E-state index in [1.807, 2.05) is 0 Å². The molecule has 1 aromatic rings. The molecule has 0 N–H and O–H groups in total. The van der Waals surface area contributed by atoms with Crippen molar-refractivity contribution in [2.75, 3.05) is 0 Å². The van der Waals surface area contributed by atoms with Gasteiger partial charge in [0.2, 0.25) is 0 Å². The quantitative estimate of drug-likeness (QED) is 0.552. The van der Waals surface area contributed by atoms with Crippen LogP contribution in [0.3, 0.4) is 0 Å². The molecule has 0 aromatic heterocycles. The van der Waals surface area contributed by atoms with Crippen molar-refractivity contribution in [3.05, 3.63) is 34.6 Å². The van der Waals surface area contributed by atoms with Crippen LogP contribution in [0.25, 0.3) is 0 Å². The fourth-order valence-corrected chi connectivity index (χ4v) is 1.09. The van der Waals surface area contributed by atoms with Crippen molar-refractivity contribution in [3.8, 4) is 0 Å². The summed E-state index contributed by atoms with van der Waals surface area (Å²) >= 11 is 0. The van der Waals surface area contributed by atoms with E-state index in [0.29, 0.717) is 0 Å². The molecular weight excluding hydrogens is 184 g/mol. The Balaban J connectivity index is 3.35. The molecule has 0 saturated carbocycles. The van der Waals surface area contributed by atoms with Crippen LogP contribution in [0.4, 0.5) is 17.6 Å². The van der Waals surface area contributed by atoms with Crippen LogP contribution in [-0.2, 0) is 6.18 Å². The summed E-state index contributed by atoms with van der Waals surface area (Å²) in [5.74, 6) is -0.606. The lowest BCUT2D eigenvalue weighted by molar-refractivity contribution is -0.138. The molecule has 0 nitrogen and oxygen atoms in total. The van der Waals surface area contributed by atoms with Gasteiger partial charge in [0, 0.05) is 0 Å². The minimum atomic E-state index is -4.40. The molecule has 0 radical (unpaired) electrons. The first kappa shape index (κ1) is 10.0. The van der Waals surface area contributed by atoms with E-state index in [1.165, 1.54) is 13.8 Å². The van der Waals surface area contributed by atoms with E-state index in [2.05, 4.69) is 0 Å². The minimum absolute atomic E-state index is 0.0486. The molecular formula is C9H8F4. The molecule has 0 fully saturated rings. The number of hydrogen-bond acceptors (Lipinski definition) is 0. The zero-order chi connectivity index (χ0) is 10.2. The first-order valence-electron chi connectivity index (χ1n) is 3.67. The maximum atomic E-state index is 12.8. The van der Waals surface area contributed by atoms with Crippen LogP contribution in [-0.4, -0.2) is 0 Å². The van der Waals surface area contributed by atoms with E-state index in [1.54, 1.807) is 0 Å². The summed E-state index contributed by atoms with van der Waals surface area (Å²) in [6.45, 7) is 2.60. The van der Waals surface area contributed by atoms with Crippen molar-refractivity contribution >= 4 is 0 Å². The predicted molar refractivity (Wildman–Crippen MR) is 40.9 cm³/mol. The Labute approximate surface area is 73.2 Å². The van der Waals surface area contributed by atoms with Gasteiger partial charge < -0.3 is 0 Å². The third kappa shape index (κ3) is 1.82. The van der Waals surface area contributed by atoms with E-state index >= 15 is 0 Å². The summed E-state index contributed by atoms with van der Waals surface area (Å²) in [6, 6.07) is 1.60. The zero-order valence-electron chi connectivity index (χ0n) is 7.17. The number of benzene rings is 1. The molecule has 4 heteroatoms. The Morgan fingerprint density at radius 3 is 2.00 bits per heavy atom. The molecule has 0 atom stereocenters. The van der Waals surface area contributed by atoms with Crippen LogP contribution in [0.5, 0.6) is 0 Å². The standard InChI is InChI=1S/C9H8F4/c1-5-6(2)8(10)4-3-7(5)9(11,12)13/h3-4H,1-2H3. The first-order valence-corrected chi connectivity index (χ1v) is 3.67. The molecule has 0 amide bonds. The highest BCUT2D eigenvalue weighted by molar-refractivity contribution is 5.35. The lowest BCUT2D eigenvalue weighted by Gasteiger charge is -2.12. The van der Waals surface area contributed by atoms with Gasteiger partial charge in [0.05, 0.1) is 5.56 Å². The van der Waals surface area contributed by atoms with Crippen molar-refractivity contribution in [1.29, 1.82) is 0 Å². The average molecular weight is 192 g/mol. The smallest absolute Gasteiger partial charge is 0.207 e. The highest BCUT2D eigenvalue weighted by atomic mass is 19.4. The predicted octanol–water partition coefficient (Wildman–Crippen LogP) is 3.46. The third-order valence-corrected chi connectivity index (χ3v) is 2.03. The highest BCUT2D eigenvalue weighted by Gasteiger charge is 2.32. The van der Waals surface area contributed by atoms with Crippen LogP contribution in [0.2, 0.25) is 0 Å². The molecule has 0 saturated heterocycles. The van der Waals surface area contributed by atoms with Crippen molar-refractivity contribution in [2.24, 2.45) is 0 Å². The van der Waals surface area contributed by atoms with Crippen molar-refractivity contribution in [1.82, 2.24) is 0 Å². The number of hydrogen-bond donors (Lipinski definition) is 0. The summed E-state index contributed by atoms with van der Waals surface area (Å²) in [5, 5.41) is 0. The van der Waals surface area contributed by atoms with Gasteiger partial charge in [-0.15, -0.1) is 0 Å². The molecule has 1 rings (SSSR count). The van der Waals surface area contributed by atoms with Crippen LogP contribution in [0.1, 0.15) is 16.7 Å². The number of alkyl halides is 3. The van der Waals surface area contributed by atoms with Gasteiger partial charge in [0.25, 0.3) is 0 Å². The fourth-order valence-electron chi connectivity index (χ4n) is 1.09. The van der Waals surface area contributed by atoms with Gasteiger partial charge >= 0.3 is 6.18 Å². The lowest BCUT2D eigenvalue weighted by Crippen LogP contribution is -2.09. The summed E-state index contributed by atoms with van der Waals surface area (Å²) in [5.41, 5.74) is -0.770. The Morgan fingerprint density at radius 1 is 1.00 bits per heavy atom. The third-order valence-electron chi connectivity index (χ3n) is 2.03. The van der Waals surface area contributed by atoms with Gasteiger partial charge in [-0.25, -0.2) is 4.39 Å². The summed E-state index contributed by atoms with van der Waals surface area (Å²) in [6.07, 6.45) is -4.40. The molecule has 72 valence electrons. The molecule has 0 aliphatic carbocycles. The molecule has 0 heterocycles. The number of rotatable bonds is 0. The van der Waals surface area contributed by atoms with Gasteiger partial charge in [-0.1, -0.05) is 0 Å². The monoisotopic (exact) mass is 192 g/mol. The average Bonchev–Trinajstić information content (AvgIpc) is 1.98. The molecule has 0 spiro atoms. The van der Waals surface area contributed by atoms with Gasteiger partial charge in [0.15, 0.2) is 0 Å². The van der Waals surface area contributed by atoms with E-state index < -0.39 is 17.6 Å². The molecule has 13 heavy (non-hydrogen) atoms. The maximum Gasteiger partial charge on any atom is 0.416 e. The second-order valence-electron chi connectivity index (χ2n) is 2.84. The molecule has 0 aliphatic rings. The van der Waals surface area contributed by atoms with Crippen LogP contribution in [0.15, 0.2) is 12.1 Å². The van der Waals surface area contributed by atoms with E-state index in [-0.39, 0.29) is 11.1 Å². The van der Waals surface area contributed by atoms with Crippen molar-refractivity contribution < 1.29 is 17.6 Å². The summed E-state index contributed by atoms with van der Waals surface area (Å²) < 4.78 is 49.5. The lowest BCUT2D eigenvalue weighted by atomic mass is 10.0. The summed E-state index contributed by atoms with van der Waals surface area (Å²) in [7, 11) is 0. The van der Waals surface area contributed by atoms with Crippen LogP contribution < -0.4 is 0 Å². The molecule has 0 bridgehead atoms. The second kappa shape index (κ2) is 3.01. The van der Waals surface area contributed by atoms with Gasteiger partial charge in [0.1, 0.15) is 5.82 Å². The van der Waals surface area contributed by atoms with E-state index in [9.17, 15) is 17.6 Å². The second-order valence-corrected chi connectivity index (χ2v) is 2.84. The van der Waals surface area contributed by atoms with Crippen molar-refractivity contribution in [2.45, 2.75) is 20.0 Å². The van der Waals surface area contributed by atoms with Gasteiger partial charge in [-0.05, 0) is 37.1 Å². The Bertz CT molecular complexity index is 325. The Hall–Kier alpha value is -1.06. The number of halogens is 4. The largest absolute Gasteiger partial charge is 0.416 e. The minimum Gasteiger partial charge on any atom is -0.207 e. The first-order chi connectivity index (χ1) is 5.84. The molecule has 0 unspecified atom stereocenters.